The van der Waals surface area contributed by atoms with Crippen LogP contribution in [0.2, 0.25) is 0 Å². The number of carbonyl (C=O) groups is 1. The Kier molecular flexibility index (Phi) is 5.16. The molecule has 2 aromatic rings. The third-order valence-corrected chi connectivity index (χ3v) is 3.30. The number of benzene rings is 1. The first-order valence-electron chi connectivity index (χ1n) is 5.74. The molecule has 0 aliphatic carbocycles. The SMILES string of the molecule is CC.COc1ccc2c(CC(C)=O)csc2c1. The van der Waals surface area contributed by atoms with Crippen LogP contribution >= 0.6 is 11.3 Å². The van der Waals surface area contributed by atoms with Crippen LogP contribution in [0.1, 0.15) is 26.3 Å². The number of carbonyl (C=O) groups excluding carboxylic acids is 1. The standard InChI is InChI=1S/C12H12O2S.C2H6/c1-8(13)5-9-7-15-12-6-10(14-2)3-4-11(9)12;1-2/h3-4,6-7H,5H2,1-2H3;1-2H3. The minimum absolute atomic E-state index is 0.200. The quantitative estimate of drug-likeness (QED) is 0.821. The number of rotatable bonds is 3. The van der Waals surface area contributed by atoms with Crippen molar-refractivity contribution in [1.29, 1.82) is 0 Å². The third-order valence-electron chi connectivity index (χ3n) is 2.30. The second-order valence-corrected chi connectivity index (χ2v) is 4.41. The fourth-order valence-corrected chi connectivity index (χ4v) is 2.59. The van der Waals surface area contributed by atoms with Gasteiger partial charge in [-0.3, -0.25) is 4.79 Å². The van der Waals surface area contributed by atoms with E-state index in [1.165, 1.54) is 4.70 Å². The van der Waals surface area contributed by atoms with Crippen molar-refractivity contribution >= 4 is 27.2 Å². The molecule has 0 aliphatic heterocycles. The van der Waals surface area contributed by atoms with E-state index >= 15 is 0 Å². The monoisotopic (exact) mass is 250 g/mol. The van der Waals surface area contributed by atoms with Crippen molar-refractivity contribution < 1.29 is 9.53 Å². The van der Waals surface area contributed by atoms with Crippen molar-refractivity contribution in [2.75, 3.05) is 7.11 Å². The average Bonchev–Trinajstić information content (AvgIpc) is 2.73. The van der Waals surface area contributed by atoms with Crippen molar-refractivity contribution in [1.82, 2.24) is 0 Å². The maximum Gasteiger partial charge on any atom is 0.134 e. The molecule has 0 fully saturated rings. The molecule has 0 saturated heterocycles. The Morgan fingerprint density at radius 3 is 2.65 bits per heavy atom. The van der Waals surface area contributed by atoms with Crippen LogP contribution in [0.5, 0.6) is 5.75 Å². The molecule has 0 spiro atoms. The summed E-state index contributed by atoms with van der Waals surface area (Å²) in [4.78, 5) is 11.1. The van der Waals surface area contributed by atoms with Gasteiger partial charge in [-0.05, 0) is 41.5 Å². The van der Waals surface area contributed by atoms with E-state index in [0.29, 0.717) is 6.42 Å². The highest BCUT2D eigenvalue weighted by atomic mass is 32.1. The molecule has 0 N–H and O–H groups in total. The van der Waals surface area contributed by atoms with Gasteiger partial charge in [-0.25, -0.2) is 0 Å². The highest BCUT2D eigenvalue weighted by Gasteiger charge is 2.06. The average molecular weight is 250 g/mol. The van der Waals surface area contributed by atoms with E-state index in [1.807, 2.05) is 37.4 Å². The molecule has 17 heavy (non-hydrogen) atoms. The number of thiophene rings is 1. The van der Waals surface area contributed by atoms with Crippen molar-refractivity contribution in [2.45, 2.75) is 27.2 Å². The number of methoxy groups -OCH3 is 1. The van der Waals surface area contributed by atoms with Gasteiger partial charge in [0.15, 0.2) is 0 Å². The lowest BCUT2D eigenvalue weighted by Gasteiger charge is -1.99. The van der Waals surface area contributed by atoms with Crippen LogP contribution in [-0.4, -0.2) is 12.9 Å². The van der Waals surface area contributed by atoms with Gasteiger partial charge in [0.1, 0.15) is 11.5 Å². The lowest BCUT2D eigenvalue weighted by atomic mass is 10.1. The van der Waals surface area contributed by atoms with Gasteiger partial charge in [0, 0.05) is 11.1 Å². The molecule has 0 saturated carbocycles. The summed E-state index contributed by atoms with van der Waals surface area (Å²) in [5, 5.41) is 3.21. The fraction of sp³-hybridized carbons (Fsp3) is 0.357. The summed E-state index contributed by atoms with van der Waals surface area (Å²) < 4.78 is 6.32. The van der Waals surface area contributed by atoms with Gasteiger partial charge in [0.05, 0.1) is 7.11 Å². The molecule has 2 nitrogen and oxygen atoms in total. The summed E-state index contributed by atoms with van der Waals surface area (Å²) in [6.45, 7) is 5.62. The zero-order chi connectivity index (χ0) is 12.8. The van der Waals surface area contributed by atoms with Crippen LogP contribution in [0.4, 0.5) is 0 Å². The second kappa shape index (κ2) is 6.40. The number of ether oxygens (including phenoxy) is 1. The zero-order valence-corrected chi connectivity index (χ0v) is 11.6. The topological polar surface area (TPSA) is 26.3 Å². The molecule has 0 radical (unpaired) electrons. The van der Waals surface area contributed by atoms with Crippen molar-refractivity contribution in [3.05, 3.63) is 29.1 Å². The molecule has 0 unspecified atom stereocenters. The Morgan fingerprint density at radius 2 is 2.06 bits per heavy atom. The Hall–Kier alpha value is -1.35. The summed E-state index contributed by atoms with van der Waals surface area (Å²) in [5.41, 5.74) is 1.12. The molecule has 92 valence electrons. The van der Waals surface area contributed by atoms with Gasteiger partial charge < -0.3 is 4.74 Å². The van der Waals surface area contributed by atoms with E-state index in [0.717, 1.165) is 16.7 Å². The lowest BCUT2D eigenvalue weighted by molar-refractivity contribution is -0.116. The minimum atomic E-state index is 0.200. The molecule has 0 atom stereocenters. The first kappa shape index (κ1) is 13.7. The Balaban J connectivity index is 0.000000686. The summed E-state index contributed by atoms with van der Waals surface area (Å²) in [7, 11) is 1.66. The predicted molar refractivity (Wildman–Crippen MR) is 74.1 cm³/mol. The molecule has 1 aromatic carbocycles. The van der Waals surface area contributed by atoms with Crippen molar-refractivity contribution in [2.24, 2.45) is 0 Å². The molecule has 1 aromatic heterocycles. The molecule has 0 bridgehead atoms. The number of hydrogen-bond donors (Lipinski definition) is 0. The van der Waals surface area contributed by atoms with Crippen molar-refractivity contribution in [3.8, 4) is 5.75 Å². The van der Waals surface area contributed by atoms with Gasteiger partial charge in [-0.15, -0.1) is 11.3 Å². The van der Waals surface area contributed by atoms with Crippen LogP contribution in [0.25, 0.3) is 10.1 Å². The van der Waals surface area contributed by atoms with E-state index < -0.39 is 0 Å². The fourth-order valence-electron chi connectivity index (χ4n) is 1.60. The number of ketones is 1. The van der Waals surface area contributed by atoms with Gasteiger partial charge in [0.25, 0.3) is 0 Å². The lowest BCUT2D eigenvalue weighted by Crippen LogP contribution is -1.94. The Morgan fingerprint density at radius 1 is 1.35 bits per heavy atom. The first-order valence-corrected chi connectivity index (χ1v) is 6.62. The second-order valence-electron chi connectivity index (χ2n) is 3.50. The van der Waals surface area contributed by atoms with Gasteiger partial charge in [-0.1, -0.05) is 13.8 Å². The minimum Gasteiger partial charge on any atom is -0.497 e. The maximum absolute atomic E-state index is 11.1. The van der Waals surface area contributed by atoms with Crippen LogP contribution in [0.3, 0.4) is 0 Å². The first-order chi connectivity index (χ1) is 8.20. The summed E-state index contributed by atoms with van der Waals surface area (Å²) in [5.74, 6) is 1.06. The van der Waals surface area contributed by atoms with Crippen LogP contribution in [0.15, 0.2) is 23.6 Å². The van der Waals surface area contributed by atoms with E-state index in [2.05, 4.69) is 0 Å². The molecule has 1 heterocycles. The molecule has 0 aliphatic rings. The van der Waals surface area contributed by atoms with Crippen LogP contribution in [-0.2, 0) is 11.2 Å². The van der Waals surface area contributed by atoms with E-state index in [-0.39, 0.29) is 5.78 Å². The highest BCUT2D eigenvalue weighted by molar-refractivity contribution is 7.17. The maximum atomic E-state index is 11.1. The van der Waals surface area contributed by atoms with E-state index in [9.17, 15) is 4.79 Å². The Bertz CT molecular complexity index is 500. The van der Waals surface area contributed by atoms with Gasteiger partial charge >= 0.3 is 0 Å². The number of Topliss-reactive ketones (excluding diaryl/α,β-unsaturated/α-hetero) is 1. The molecular weight excluding hydrogens is 232 g/mol. The summed E-state index contributed by atoms with van der Waals surface area (Å²) >= 11 is 1.65. The molecule has 0 amide bonds. The molecule has 3 heteroatoms. The van der Waals surface area contributed by atoms with E-state index in [1.54, 1.807) is 25.4 Å². The Labute approximate surface area is 106 Å². The van der Waals surface area contributed by atoms with E-state index in [4.69, 9.17) is 4.74 Å². The number of fused-ring (bicyclic) bond motifs is 1. The molecule has 2 rings (SSSR count). The van der Waals surface area contributed by atoms with Crippen LogP contribution < -0.4 is 4.74 Å². The van der Waals surface area contributed by atoms with Crippen LogP contribution in [0, 0.1) is 0 Å². The summed E-state index contributed by atoms with van der Waals surface area (Å²) in [6.07, 6.45) is 0.520. The summed E-state index contributed by atoms with van der Waals surface area (Å²) in [6, 6.07) is 5.95. The predicted octanol–water partition coefficient (Wildman–Crippen LogP) is 4.07. The van der Waals surface area contributed by atoms with Gasteiger partial charge in [-0.2, -0.15) is 0 Å². The third kappa shape index (κ3) is 3.30. The van der Waals surface area contributed by atoms with Gasteiger partial charge in [0.2, 0.25) is 0 Å². The smallest absolute Gasteiger partial charge is 0.134 e. The largest absolute Gasteiger partial charge is 0.497 e. The molecular formula is C14H18O2S. The normalized spacial score (nSPS) is 9.65. The number of hydrogen-bond acceptors (Lipinski definition) is 3. The zero-order valence-electron chi connectivity index (χ0n) is 10.7. The highest BCUT2D eigenvalue weighted by Crippen LogP contribution is 2.29. The van der Waals surface area contributed by atoms with Crippen molar-refractivity contribution in [3.63, 3.8) is 0 Å².